The quantitative estimate of drug-likeness (QED) is 0.806. The van der Waals surface area contributed by atoms with Gasteiger partial charge in [-0.05, 0) is 36.4 Å². The number of hydrogen-bond donors (Lipinski definition) is 0. The Morgan fingerprint density at radius 1 is 1.09 bits per heavy atom. The molecule has 0 amide bonds. The summed E-state index contributed by atoms with van der Waals surface area (Å²) in [5, 5.41) is 11.9. The number of benzene rings is 1. The number of piperazine rings is 1. The van der Waals surface area contributed by atoms with Crippen LogP contribution in [0.5, 0.6) is 0 Å². The Morgan fingerprint density at radius 2 is 1.74 bits per heavy atom. The first kappa shape index (κ1) is 15.9. The van der Waals surface area contributed by atoms with Gasteiger partial charge in [0.25, 0.3) is 0 Å². The number of nitrogens with zero attached hydrogens (tertiary/aromatic N) is 6. The molecule has 0 spiro atoms. The molecule has 1 fully saturated rings. The summed E-state index contributed by atoms with van der Waals surface area (Å²) in [5.74, 6) is 0.774. The van der Waals surface area contributed by atoms with E-state index in [-0.39, 0.29) is 5.75 Å². The van der Waals surface area contributed by atoms with Crippen molar-refractivity contribution < 1.29 is 8.42 Å². The minimum Gasteiger partial charge on any atom is -0.337 e. The fraction of sp³-hybridized carbons (Fsp3) is 0.500. The zero-order chi connectivity index (χ0) is 16.4. The fourth-order valence-electron chi connectivity index (χ4n) is 2.58. The van der Waals surface area contributed by atoms with E-state index in [9.17, 15) is 8.42 Å². The van der Waals surface area contributed by atoms with Gasteiger partial charge in [0, 0.05) is 26.2 Å². The second-order valence-electron chi connectivity index (χ2n) is 5.51. The van der Waals surface area contributed by atoms with Gasteiger partial charge in [0.15, 0.2) is 0 Å². The molecule has 2 heterocycles. The maximum absolute atomic E-state index is 11.9. The Balaban J connectivity index is 1.78. The Hall–Kier alpha value is -2.00. The number of aryl methyl sites for hydroxylation is 1. The normalized spacial score (nSPS) is 16.7. The van der Waals surface area contributed by atoms with Crippen LogP contribution >= 0.6 is 0 Å². The van der Waals surface area contributed by atoms with Crippen LogP contribution < -0.4 is 4.90 Å². The van der Waals surface area contributed by atoms with Crippen LogP contribution in [0.3, 0.4) is 0 Å². The SMILES string of the molecule is CCS(=O)(=O)N1CCN(c2nnnn2-c2ccc(C)cc2)CC1. The molecule has 0 bridgehead atoms. The number of anilines is 1. The molecule has 1 saturated heterocycles. The van der Waals surface area contributed by atoms with Gasteiger partial charge in [-0.25, -0.2) is 8.42 Å². The molecule has 1 aromatic heterocycles. The molecule has 0 saturated carbocycles. The summed E-state index contributed by atoms with van der Waals surface area (Å²) in [7, 11) is -3.13. The number of hydrogen-bond acceptors (Lipinski definition) is 6. The molecule has 1 aliphatic rings. The van der Waals surface area contributed by atoms with Crippen LogP contribution in [0.2, 0.25) is 0 Å². The van der Waals surface area contributed by atoms with Gasteiger partial charge < -0.3 is 4.90 Å². The van der Waals surface area contributed by atoms with Gasteiger partial charge in [-0.3, -0.25) is 0 Å². The van der Waals surface area contributed by atoms with E-state index < -0.39 is 10.0 Å². The monoisotopic (exact) mass is 336 g/mol. The third-order valence-electron chi connectivity index (χ3n) is 4.01. The predicted molar refractivity (Wildman–Crippen MR) is 87.1 cm³/mol. The molecule has 0 aliphatic carbocycles. The van der Waals surface area contributed by atoms with Gasteiger partial charge in [0.05, 0.1) is 11.4 Å². The molecule has 0 unspecified atom stereocenters. The summed E-state index contributed by atoms with van der Waals surface area (Å²) in [4.78, 5) is 2.02. The highest BCUT2D eigenvalue weighted by Gasteiger charge is 2.27. The van der Waals surface area contributed by atoms with E-state index in [2.05, 4.69) is 15.5 Å². The number of aromatic nitrogens is 4. The van der Waals surface area contributed by atoms with Crippen molar-refractivity contribution in [2.45, 2.75) is 13.8 Å². The predicted octanol–water partition coefficient (Wildman–Crippen LogP) is 0.442. The van der Waals surface area contributed by atoms with Gasteiger partial charge in [-0.15, -0.1) is 0 Å². The van der Waals surface area contributed by atoms with E-state index in [1.54, 1.807) is 11.6 Å². The molecule has 23 heavy (non-hydrogen) atoms. The Morgan fingerprint density at radius 3 is 2.35 bits per heavy atom. The van der Waals surface area contributed by atoms with Crippen molar-refractivity contribution in [3.8, 4) is 5.69 Å². The number of tetrazole rings is 1. The lowest BCUT2D eigenvalue weighted by atomic mass is 10.2. The third kappa shape index (κ3) is 3.20. The summed E-state index contributed by atoms with van der Waals surface area (Å²) in [6.07, 6.45) is 0. The van der Waals surface area contributed by atoms with E-state index >= 15 is 0 Å². The van der Waals surface area contributed by atoms with Crippen LogP contribution in [0.4, 0.5) is 5.95 Å². The summed E-state index contributed by atoms with van der Waals surface area (Å²) in [5.41, 5.74) is 2.06. The molecule has 0 atom stereocenters. The summed E-state index contributed by atoms with van der Waals surface area (Å²) < 4.78 is 27.1. The van der Waals surface area contributed by atoms with E-state index in [1.807, 2.05) is 36.1 Å². The molecular formula is C14H20N6O2S. The van der Waals surface area contributed by atoms with Gasteiger partial charge >= 0.3 is 0 Å². The highest BCUT2D eigenvalue weighted by molar-refractivity contribution is 7.89. The van der Waals surface area contributed by atoms with E-state index in [0.29, 0.717) is 32.1 Å². The van der Waals surface area contributed by atoms with Crippen LogP contribution in [0.1, 0.15) is 12.5 Å². The fourth-order valence-corrected chi connectivity index (χ4v) is 3.67. The van der Waals surface area contributed by atoms with Gasteiger partial charge in [0.1, 0.15) is 0 Å². The lowest BCUT2D eigenvalue weighted by Crippen LogP contribution is -2.49. The van der Waals surface area contributed by atoms with Crippen LogP contribution in [0.15, 0.2) is 24.3 Å². The molecule has 0 radical (unpaired) electrons. The van der Waals surface area contributed by atoms with Crippen LogP contribution in [-0.2, 0) is 10.0 Å². The topological polar surface area (TPSA) is 84.2 Å². The van der Waals surface area contributed by atoms with E-state index in [4.69, 9.17) is 0 Å². The van der Waals surface area contributed by atoms with Crippen molar-refractivity contribution in [1.82, 2.24) is 24.5 Å². The molecule has 0 N–H and O–H groups in total. The molecule has 1 aliphatic heterocycles. The van der Waals surface area contributed by atoms with Gasteiger partial charge in [-0.1, -0.05) is 22.8 Å². The molecule has 3 rings (SSSR count). The standard InChI is InChI=1S/C14H20N6O2S/c1-3-23(21,22)19-10-8-18(9-11-19)14-15-16-17-20(14)13-6-4-12(2)5-7-13/h4-7H,3,8-11H2,1-2H3. The molecule has 124 valence electrons. The highest BCUT2D eigenvalue weighted by atomic mass is 32.2. The maximum Gasteiger partial charge on any atom is 0.250 e. The second kappa shape index (κ2) is 6.25. The number of rotatable bonds is 4. The largest absolute Gasteiger partial charge is 0.337 e. The lowest BCUT2D eigenvalue weighted by molar-refractivity contribution is 0.382. The van der Waals surface area contributed by atoms with Crippen molar-refractivity contribution in [1.29, 1.82) is 0 Å². The minimum absolute atomic E-state index is 0.133. The Kier molecular flexibility index (Phi) is 4.31. The first-order valence-corrected chi connectivity index (χ1v) is 9.20. The van der Waals surface area contributed by atoms with Crippen molar-refractivity contribution >= 4 is 16.0 Å². The van der Waals surface area contributed by atoms with Crippen molar-refractivity contribution in [3.05, 3.63) is 29.8 Å². The molecule has 9 heteroatoms. The van der Waals surface area contributed by atoms with E-state index in [0.717, 1.165) is 5.69 Å². The average Bonchev–Trinajstić information content (AvgIpc) is 3.05. The average molecular weight is 336 g/mol. The number of sulfonamides is 1. The van der Waals surface area contributed by atoms with Crippen LogP contribution in [-0.4, -0.2) is 64.9 Å². The zero-order valence-electron chi connectivity index (χ0n) is 13.3. The zero-order valence-corrected chi connectivity index (χ0v) is 14.1. The van der Waals surface area contributed by atoms with Crippen molar-refractivity contribution in [2.75, 3.05) is 36.8 Å². The smallest absolute Gasteiger partial charge is 0.250 e. The van der Waals surface area contributed by atoms with Crippen molar-refractivity contribution in [2.24, 2.45) is 0 Å². The van der Waals surface area contributed by atoms with E-state index in [1.165, 1.54) is 9.87 Å². The summed E-state index contributed by atoms with van der Waals surface area (Å²) in [6.45, 7) is 5.75. The molecule has 2 aromatic rings. The maximum atomic E-state index is 11.9. The van der Waals surface area contributed by atoms with Crippen LogP contribution in [0, 0.1) is 6.92 Å². The Bertz CT molecular complexity index is 763. The molecular weight excluding hydrogens is 316 g/mol. The lowest BCUT2D eigenvalue weighted by Gasteiger charge is -2.33. The Labute approximate surface area is 135 Å². The second-order valence-corrected chi connectivity index (χ2v) is 7.77. The summed E-state index contributed by atoms with van der Waals surface area (Å²) in [6, 6.07) is 7.94. The first-order chi connectivity index (χ1) is 11.0. The first-order valence-electron chi connectivity index (χ1n) is 7.59. The van der Waals surface area contributed by atoms with Gasteiger partial charge in [-0.2, -0.15) is 8.99 Å². The highest BCUT2D eigenvalue weighted by Crippen LogP contribution is 2.18. The van der Waals surface area contributed by atoms with Crippen LogP contribution in [0.25, 0.3) is 5.69 Å². The molecule has 8 nitrogen and oxygen atoms in total. The van der Waals surface area contributed by atoms with Crippen molar-refractivity contribution in [3.63, 3.8) is 0 Å². The van der Waals surface area contributed by atoms with Gasteiger partial charge in [0.2, 0.25) is 16.0 Å². The third-order valence-corrected chi connectivity index (χ3v) is 5.89. The minimum atomic E-state index is -3.13. The molecule has 1 aromatic carbocycles. The summed E-state index contributed by atoms with van der Waals surface area (Å²) >= 11 is 0.